The lowest BCUT2D eigenvalue weighted by Gasteiger charge is -2.29. The number of thiophene rings is 1. The van der Waals surface area contributed by atoms with Crippen LogP contribution in [0.5, 0.6) is 0 Å². The minimum atomic E-state index is -3.37. The highest BCUT2D eigenvalue weighted by molar-refractivity contribution is 9.10. The van der Waals surface area contributed by atoms with E-state index in [2.05, 4.69) is 21.2 Å². The molecule has 1 aliphatic rings. The van der Waals surface area contributed by atoms with Crippen LogP contribution in [0.1, 0.15) is 26.2 Å². The van der Waals surface area contributed by atoms with E-state index in [1.807, 2.05) is 12.3 Å². The first-order valence-corrected chi connectivity index (χ1v) is 10.1. The lowest BCUT2D eigenvalue weighted by Crippen LogP contribution is -2.39. The van der Waals surface area contributed by atoms with Crippen LogP contribution in [0.4, 0.5) is 0 Å². The van der Waals surface area contributed by atoms with Crippen LogP contribution in [0.15, 0.2) is 20.1 Å². The third kappa shape index (κ3) is 3.82. The zero-order valence-electron chi connectivity index (χ0n) is 11.6. The van der Waals surface area contributed by atoms with Crippen LogP contribution in [0.2, 0.25) is 0 Å². The lowest BCUT2D eigenvalue weighted by atomic mass is 9.98. The van der Waals surface area contributed by atoms with Crippen LogP contribution in [0.3, 0.4) is 0 Å². The van der Waals surface area contributed by atoms with Crippen LogP contribution in [0.25, 0.3) is 0 Å². The molecule has 0 unspecified atom stereocenters. The molecule has 0 radical (unpaired) electrons. The van der Waals surface area contributed by atoms with Crippen LogP contribution in [-0.4, -0.2) is 38.9 Å². The molecule has 4 nitrogen and oxygen atoms in total. The largest absolute Gasteiger partial charge is 0.317 e. The Morgan fingerprint density at radius 1 is 1.45 bits per heavy atom. The molecule has 0 saturated carbocycles. The van der Waals surface area contributed by atoms with Gasteiger partial charge in [0.1, 0.15) is 4.21 Å². The second-order valence-corrected chi connectivity index (χ2v) is 9.02. The van der Waals surface area contributed by atoms with Crippen LogP contribution < -0.4 is 5.32 Å². The molecule has 1 aromatic rings. The Balaban J connectivity index is 2.16. The summed E-state index contributed by atoms with van der Waals surface area (Å²) in [6, 6.07) is 1.80. The molecule has 0 amide bonds. The second kappa shape index (κ2) is 7.35. The molecule has 7 heteroatoms. The number of piperidine rings is 1. The van der Waals surface area contributed by atoms with Crippen molar-refractivity contribution in [3.63, 3.8) is 0 Å². The van der Waals surface area contributed by atoms with Crippen molar-refractivity contribution >= 4 is 37.3 Å². The highest BCUT2D eigenvalue weighted by Gasteiger charge is 2.29. The lowest BCUT2D eigenvalue weighted by molar-refractivity contribution is 0.288. The van der Waals surface area contributed by atoms with Gasteiger partial charge in [0.2, 0.25) is 0 Å². The molecule has 1 N–H and O–H groups in total. The summed E-state index contributed by atoms with van der Waals surface area (Å²) in [5, 5.41) is 5.13. The van der Waals surface area contributed by atoms with Gasteiger partial charge in [0.15, 0.2) is 0 Å². The van der Waals surface area contributed by atoms with Gasteiger partial charge in [0, 0.05) is 17.6 Å². The van der Waals surface area contributed by atoms with E-state index in [1.165, 1.54) is 11.3 Å². The van der Waals surface area contributed by atoms with Crippen LogP contribution in [0, 0.1) is 5.92 Å². The molecule has 1 aliphatic heterocycles. The molecular weight excluding hydrogens is 360 g/mol. The van der Waals surface area contributed by atoms with Crippen molar-refractivity contribution in [2.75, 3.05) is 26.2 Å². The Morgan fingerprint density at radius 2 is 2.15 bits per heavy atom. The zero-order chi connectivity index (χ0) is 14.6. The number of hydrogen-bond acceptors (Lipinski definition) is 4. The van der Waals surface area contributed by atoms with Gasteiger partial charge in [-0.1, -0.05) is 6.92 Å². The topological polar surface area (TPSA) is 49.4 Å². The predicted molar refractivity (Wildman–Crippen MR) is 86.7 cm³/mol. The van der Waals surface area contributed by atoms with Gasteiger partial charge >= 0.3 is 0 Å². The summed E-state index contributed by atoms with van der Waals surface area (Å²) in [7, 11) is -3.37. The van der Waals surface area contributed by atoms with E-state index in [1.54, 1.807) is 10.4 Å². The van der Waals surface area contributed by atoms with Gasteiger partial charge in [-0.05, 0) is 65.6 Å². The van der Waals surface area contributed by atoms with E-state index in [4.69, 9.17) is 0 Å². The highest BCUT2D eigenvalue weighted by Crippen LogP contribution is 2.31. The maximum Gasteiger partial charge on any atom is 0.253 e. The molecule has 2 rings (SSSR count). The Kier molecular flexibility index (Phi) is 6.04. The van der Waals surface area contributed by atoms with E-state index >= 15 is 0 Å². The molecule has 0 aromatic carbocycles. The number of rotatable bonds is 6. The van der Waals surface area contributed by atoms with E-state index in [0.717, 1.165) is 32.4 Å². The summed E-state index contributed by atoms with van der Waals surface area (Å²) in [6.45, 7) is 5.24. The number of nitrogens with zero attached hydrogens (tertiary/aromatic N) is 1. The minimum absolute atomic E-state index is 0.430. The minimum Gasteiger partial charge on any atom is -0.317 e. The third-order valence-corrected chi connectivity index (χ3v) is 8.06. The monoisotopic (exact) mass is 380 g/mol. The van der Waals surface area contributed by atoms with Crippen LogP contribution in [-0.2, 0) is 10.0 Å². The fourth-order valence-corrected chi connectivity index (χ4v) is 6.55. The molecule has 0 spiro atoms. The Hall–Kier alpha value is 0.0500. The first-order chi connectivity index (χ1) is 9.55. The second-order valence-electron chi connectivity index (χ2n) is 5.11. The summed E-state index contributed by atoms with van der Waals surface area (Å²) >= 11 is 4.63. The van der Waals surface area contributed by atoms with E-state index in [0.29, 0.717) is 27.7 Å². The third-order valence-electron chi connectivity index (χ3n) is 3.55. The average Bonchev–Trinajstić information content (AvgIpc) is 2.86. The van der Waals surface area contributed by atoms with Crippen LogP contribution >= 0.6 is 27.3 Å². The molecule has 0 aliphatic carbocycles. The maximum atomic E-state index is 12.8. The zero-order valence-corrected chi connectivity index (χ0v) is 14.9. The molecule has 0 bridgehead atoms. The first-order valence-electron chi connectivity index (χ1n) is 6.99. The molecule has 114 valence electrons. The molecule has 1 saturated heterocycles. The smallest absolute Gasteiger partial charge is 0.253 e. The molecule has 1 fully saturated rings. The van der Waals surface area contributed by atoms with E-state index in [-0.39, 0.29) is 0 Å². The van der Waals surface area contributed by atoms with Gasteiger partial charge in [-0.25, -0.2) is 8.42 Å². The van der Waals surface area contributed by atoms with Gasteiger partial charge in [0.05, 0.1) is 0 Å². The predicted octanol–water partition coefficient (Wildman–Crippen LogP) is 2.91. The first kappa shape index (κ1) is 16.4. The molecule has 20 heavy (non-hydrogen) atoms. The standard InChI is InChI=1S/C13H21BrN2O2S2/c1-2-8-16(10-11-3-6-15-7-4-11)20(17,18)13-12(14)5-9-19-13/h5,9,11,15H,2-4,6-8,10H2,1H3. The van der Waals surface area contributed by atoms with Crippen molar-refractivity contribution in [2.45, 2.75) is 30.4 Å². The Bertz CT molecular complexity index is 524. The fraction of sp³-hybridized carbons (Fsp3) is 0.692. The van der Waals surface area contributed by atoms with Gasteiger partial charge in [-0.15, -0.1) is 11.3 Å². The number of sulfonamides is 1. The quantitative estimate of drug-likeness (QED) is 0.825. The van der Waals surface area contributed by atoms with Gasteiger partial charge in [0.25, 0.3) is 10.0 Å². The van der Waals surface area contributed by atoms with Crippen molar-refractivity contribution in [3.8, 4) is 0 Å². The molecule has 1 aromatic heterocycles. The summed E-state index contributed by atoms with van der Waals surface area (Å²) in [5.74, 6) is 0.469. The summed E-state index contributed by atoms with van der Waals surface area (Å²) in [6.07, 6.45) is 2.95. The van der Waals surface area contributed by atoms with Gasteiger partial charge < -0.3 is 5.32 Å². The molecular formula is C13H21BrN2O2S2. The normalized spacial score (nSPS) is 17.8. The summed E-state index contributed by atoms with van der Waals surface area (Å²) in [5.41, 5.74) is 0. The van der Waals surface area contributed by atoms with Crippen molar-refractivity contribution in [2.24, 2.45) is 5.92 Å². The Labute approximate surface area is 133 Å². The number of nitrogens with one attached hydrogen (secondary N) is 1. The summed E-state index contributed by atoms with van der Waals surface area (Å²) in [4.78, 5) is 0. The van der Waals surface area contributed by atoms with Crippen molar-refractivity contribution < 1.29 is 8.42 Å². The van der Waals surface area contributed by atoms with Crippen molar-refractivity contribution in [3.05, 3.63) is 15.9 Å². The summed E-state index contributed by atoms with van der Waals surface area (Å²) < 4.78 is 28.3. The number of halogens is 1. The van der Waals surface area contributed by atoms with E-state index < -0.39 is 10.0 Å². The van der Waals surface area contributed by atoms with Gasteiger partial charge in [-0.2, -0.15) is 4.31 Å². The SMILES string of the molecule is CCCN(CC1CCNCC1)S(=O)(=O)c1sccc1Br. The van der Waals surface area contributed by atoms with Gasteiger partial charge in [-0.3, -0.25) is 0 Å². The number of hydrogen-bond donors (Lipinski definition) is 1. The fourth-order valence-electron chi connectivity index (χ4n) is 2.49. The highest BCUT2D eigenvalue weighted by atomic mass is 79.9. The average molecular weight is 381 g/mol. The molecule has 0 atom stereocenters. The maximum absolute atomic E-state index is 12.8. The van der Waals surface area contributed by atoms with Crippen molar-refractivity contribution in [1.82, 2.24) is 9.62 Å². The molecule has 2 heterocycles. The van der Waals surface area contributed by atoms with Crippen molar-refractivity contribution in [1.29, 1.82) is 0 Å². The Morgan fingerprint density at radius 3 is 2.70 bits per heavy atom. The van der Waals surface area contributed by atoms with E-state index in [9.17, 15) is 8.42 Å².